The third kappa shape index (κ3) is 1.94. The van der Waals surface area contributed by atoms with Crippen molar-refractivity contribution in [2.24, 2.45) is 0 Å². The fourth-order valence-electron chi connectivity index (χ4n) is 0.673. The Morgan fingerprint density at radius 3 is 2.64 bits per heavy atom. The van der Waals surface area contributed by atoms with Crippen molar-refractivity contribution in [3.05, 3.63) is 30.3 Å². The van der Waals surface area contributed by atoms with Gasteiger partial charge in [0.15, 0.2) is 0 Å². The van der Waals surface area contributed by atoms with Gasteiger partial charge in [-0.3, -0.25) is 4.31 Å². The first-order chi connectivity index (χ1) is 5.22. The number of anilines is 1. The lowest BCUT2D eigenvalue weighted by molar-refractivity contribution is 0.613. The van der Waals surface area contributed by atoms with Crippen molar-refractivity contribution < 1.29 is 8.42 Å². The Hall–Kier alpha value is -1.03. The molecule has 0 aliphatic heterocycles. The van der Waals surface area contributed by atoms with Crippen LogP contribution < -0.4 is 4.31 Å². The summed E-state index contributed by atoms with van der Waals surface area (Å²) in [4.78, 5) is 0. The van der Waals surface area contributed by atoms with Crippen LogP contribution in [0.3, 0.4) is 0 Å². The predicted molar refractivity (Wildman–Crippen MR) is 44.0 cm³/mol. The molecular weight excluding hydrogens is 162 g/mol. The van der Waals surface area contributed by atoms with E-state index in [4.69, 9.17) is 0 Å². The molecule has 0 saturated heterocycles. The summed E-state index contributed by atoms with van der Waals surface area (Å²) in [6, 6.07) is 9.70. The van der Waals surface area contributed by atoms with Gasteiger partial charge >= 0.3 is 0 Å². The highest BCUT2D eigenvalue weighted by atomic mass is 32.2. The molecule has 0 N–H and O–H groups in total. The summed E-state index contributed by atoms with van der Waals surface area (Å²) in [5, 5.41) is 0. The SMILES string of the molecule is CN(c1[c]cccc1)[SH](=O)=O. The number of rotatable bonds is 2. The summed E-state index contributed by atoms with van der Waals surface area (Å²) < 4.78 is 22.0. The molecule has 0 aromatic heterocycles. The average molecular weight is 170 g/mol. The molecule has 0 fully saturated rings. The molecule has 0 heterocycles. The van der Waals surface area contributed by atoms with Gasteiger partial charge in [0.2, 0.25) is 10.9 Å². The van der Waals surface area contributed by atoms with E-state index in [0.717, 1.165) is 4.31 Å². The van der Waals surface area contributed by atoms with E-state index >= 15 is 0 Å². The molecule has 1 aromatic rings. The molecule has 59 valence electrons. The van der Waals surface area contributed by atoms with Crippen molar-refractivity contribution in [1.82, 2.24) is 0 Å². The maximum absolute atomic E-state index is 10.4. The van der Waals surface area contributed by atoms with E-state index in [9.17, 15) is 8.42 Å². The Balaban J connectivity index is 2.94. The van der Waals surface area contributed by atoms with Gasteiger partial charge in [0.25, 0.3) is 0 Å². The summed E-state index contributed by atoms with van der Waals surface area (Å²) in [6.07, 6.45) is 0. The van der Waals surface area contributed by atoms with Crippen LogP contribution in [0.2, 0.25) is 0 Å². The van der Waals surface area contributed by atoms with Crippen molar-refractivity contribution in [3.8, 4) is 0 Å². The van der Waals surface area contributed by atoms with Crippen molar-refractivity contribution in [1.29, 1.82) is 0 Å². The number of hydrogen-bond acceptors (Lipinski definition) is 2. The molecule has 4 heteroatoms. The molecule has 0 bridgehead atoms. The molecule has 1 aromatic carbocycles. The molecule has 11 heavy (non-hydrogen) atoms. The van der Waals surface area contributed by atoms with E-state index in [2.05, 4.69) is 6.07 Å². The summed E-state index contributed by atoms with van der Waals surface area (Å²) in [5.74, 6) is 0. The fraction of sp³-hybridized carbons (Fsp3) is 0.143. The van der Waals surface area contributed by atoms with Crippen LogP contribution in [0.4, 0.5) is 5.69 Å². The monoisotopic (exact) mass is 170 g/mol. The van der Waals surface area contributed by atoms with Gasteiger partial charge in [0.05, 0.1) is 5.69 Å². The first-order valence-electron chi connectivity index (χ1n) is 3.06. The first kappa shape index (κ1) is 8.07. The quantitative estimate of drug-likeness (QED) is 0.654. The van der Waals surface area contributed by atoms with Crippen LogP contribution in [-0.4, -0.2) is 15.5 Å². The van der Waals surface area contributed by atoms with Gasteiger partial charge in [-0.05, 0) is 6.07 Å². The van der Waals surface area contributed by atoms with Crippen molar-refractivity contribution >= 4 is 16.6 Å². The fourth-order valence-corrected chi connectivity index (χ4v) is 0.973. The van der Waals surface area contributed by atoms with Gasteiger partial charge < -0.3 is 0 Å². The van der Waals surface area contributed by atoms with Gasteiger partial charge in [-0.25, -0.2) is 8.42 Å². The highest BCUT2D eigenvalue weighted by Gasteiger charge is 1.98. The van der Waals surface area contributed by atoms with E-state index < -0.39 is 10.9 Å². The Morgan fingerprint density at radius 1 is 1.45 bits per heavy atom. The van der Waals surface area contributed by atoms with Gasteiger partial charge in [0, 0.05) is 13.1 Å². The third-order valence-corrected chi connectivity index (χ3v) is 1.99. The van der Waals surface area contributed by atoms with Crippen molar-refractivity contribution in [2.45, 2.75) is 0 Å². The first-order valence-corrected chi connectivity index (χ1v) is 4.19. The zero-order valence-electron chi connectivity index (χ0n) is 6.02. The predicted octanol–water partition coefficient (Wildman–Crippen LogP) is 0.449. The maximum Gasteiger partial charge on any atom is 0.224 e. The number of hydrogen-bond donors (Lipinski definition) is 1. The van der Waals surface area contributed by atoms with Crippen LogP contribution in [0, 0.1) is 6.07 Å². The summed E-state index contributed by atoms with van der Waals surface area (Å²) in [6.45, 7) is 0. The summed E-state index contributed by atoms with van der Waals surface area (Å²) >= 11 is 0. The molecule has 0 atom stereocenters. The van der Waals surface area contributed by atoms with Crippen LogP contribution in [0.5, 0.6) is 0 Å². The smallest absolute Gasteiger partial charge is 0.224 e. The number of nitrogens with zero attached hydrogens (tertiary/aromatic N) is 1. The number of thiol groups is 1. The number of para-hydroxylation sites is 1. The Kier molecular flexibility index (Phi) is 2.48. The molecule has 1 radical (unpaired) electrons. The largest absolute Gasteiger partial charge is 0.275 e. The summed E-state index contributed by atoms with van der Waals surface area (Å²) in [7, 11) is -1.05. The second kappa shape index (κ2) is 3.39. The lowest BCUT2D eigenvalue weighted by atomic mass is 10.3. The van der Waals surface area contributed by atoms with E-state index in [-0.39, 0.29) is 0 Å². The van der Waals surface area contributed by atoms with E-state index in [1.54, 1.807) is 24.3 Å². The third-order valence-electron chi connectivity index (χ3n) is 1.29. The molecule has 0 spiro atoms. The van der Waals surface area contributed by atoms with Crippen LogP contribution in [0.15, 0.2) is 24.3 Å². The lowest BCUT2D eigenvalue weighted by Crippen LogP contribution is -2.13. The van der Waals surface area contributed by atoms with Crippen LogP contribution >= 0.6 is 0 Å². The molecule has 3 nitrogen and oxygen atoms in total. The molecular formula is C7H8NO2S. The minimum Gasteiger partial charge on any atom is -0.275 e. The highest BCUT2D eigenvalue weighted by molar-refractivity contribution is 7.74. The van der Waals surface area contributed by atoms with Crippen LogP contribution in [-0.2, 0) is 10.9 Å². The minimum absolute atomic E-state index is 0.559. The minimum atomic E-state index is -2.54. The van der Waals surface area contributed by atoms with Gasteiger partial charge in [-0.1, -0.05) is 18.2 Å². The topological polar surface area (TPSA) is 37.4 Å². The summed E-state index contributed by atoms with van der Waals surface area (Å²) in [5.41, 5.74) is 0.559. The maximum atomic E-state index is 10.4. The van der Waals surface area contributed by atoms with Gasteiger partial charge in [0.1, 0.15) is 0 Å². The zero-order valence-corrected chi connectivity index (χ0v) is 6.91. The number of benzene rings is 1. The molecule has 0 aliphatic carbocycles. The van der Waals surface area contributed by atoms with E-state index in [1.807, 2.05) is 0 Å². The molecule has 0 aliphatic rings. The molecule has 0 unspecified atom stereocenters. The van der Waals surface area contributed by atoms with Crippen molar-refractivity contribution in [3.63, 3.8) is 0 Å². The normalized spacial score (nSPS) is 10.0. The second-order valence-electron chi connectivity index (χ2n) is 2.01. The highest BCUT2D eigenvalue weighted by Crippen LogP contribution is 2.08. The van der Waals surface area contributed by atoms with Crippen LogP contribution in [0.1, 0.15) is 0 Å². The Morgan fingerprint density at radius 2 is 2.18 bits per heavy atom. The van der Waals surface area contributed by atoms with Crippen LogP contribution in [0.25, 0.3) is 0 Å². The van der Waals surface area contributed by atoms with Gasteiger partial charge in [-0.15, -0.1) is 0 Å². The molecule has 0 saturated carbocycles. The Bertz CT molecular complexity index is 287. The lowest BCUT2D eigenvalue weighted by Gasteiger charge is -2.08. The standard InChI is InChI=1S/C7H8NO2S/c1-8(11(9)10)7-5-3-2-4-6-7/h2-5,11H,1H3. The zero-order chi connectivity index (χ0) is 8.27. The second-order valence-corrected chi connectivity index (χ2v) is 3.08. The molecule has 0 amide bonds. The molecule has 1 rings (SSSR count). The Labute approximate surface area is 67.3 Å². The van der Waals surface area contributed by atoms with E-state index in [0.29, 0.717) is 5.69 Å². The van der Waals surface area contributed by atoms with Gasteiger partial charge in [-0.2, -0.15) is 0 Å². The average Bonchev–Trinajstić information content (AvgIpc) is 2.05. The van der Waals surface area contributed by atoms with E-state index in [1.165, 1.54) is 7.05 Å². The van der Waals surface area contributed by atoms with Crippen molar-refractivity contribution in [2.75, 3.05) is 11.4 Å².